The second kappa shape index (κ2) is 8.17. The molecule has 1 aliphatic carbocycles. The van der Waals surface area contributed by atoms with Crippen LogP contribution in [-0.2, 0) is 4.79 Å². The first-order valence-corrected chi connectivity index (χ1v) is 10.5. The number of thiazole rings is 1. The van der Waals surface area contributed by atoms with E-state index in [2.05, 4.69) is 23.5 Å². The molecule has 29 heavy (non-hydrogen) atoms. The smallest absolute Gasteiger partial charge is 0.253 e. The Morgan fingerprint density at radius 3 is 2.66 bits per heavy atom. The number of rotatable bonds is 4. The monoisotopic (exact) mass is 405 g/mol. The van der Waals surface area contributed by atoms with Crippen LogP contribution in [-0.4, -0.2) is 35.8 Å². The third-order valence-electron chi connectivity index (χ3n) is 5.18. The van der Waals surface area contributed by atoms with Crippen molar-refractivity contribution in [2.45, 2.75) is 18.8 Å². The molecule has 2 aromatic carbocycles. The van der Waals surface area contributed by atoms with Crippen LogP contribution < -0.4 is 5.32 Å². The number of carbonyl (C=O) groups is 2. The molecule has 4 rings (SSSR count). The van der Waals surface area contributed by atoms with Crippen LogP contribution >= 0.6 is 11.3 Å². The number of aromatic nitrogens is 1. The van der Waals surface area contributed by atoms with Gasteiger partial charge in [-0.1, -0.05) is 30.4 Å². The van der Waals surface area contributed by atoms with Gasteiger partial charge in [0.15, 0.2) is 0 Å². The van der Waals surface area contributed by atoms with Gasteiger partial charge in [-0.3, -0.25) is 9.59 Å². The predicted octanol–water partition coefficient (Wildman–Crippen LogP) is 4.69. The summed E-state index contributed by atoms with van der Waals surface area (Å²) in [7, 11) is 3.43. The van der Waals surface area contributed by atoms with E-state index in [9.17, 15) is 9.59 Å². The lowest BCUT2D eigenvalue weighted by Gasteiger charge is -2.26. The van der Waals surface area contributed by atoms with Gasteiger partial charge < -0.3 is 10.2 Å². The molecule has 0 fully saturated rings. The predicted molar refractivity (Wildman–Crippen MR) is 117 cm³/mol. The summed E-state index contributed by atoms with van der Waals surface area (Å²) < 4.78 is 1.14. The molecule has 5 nitrogen and oxygen atoms in total. The Balaban J connectivity index is 1.56. The van der Waals surface area contributed by atoms with Crippen LogP contribution in [0.5, 0.6) is 0 Å². The molecule has 0 saturated carbocycles. The third kappa shape index (κ3) is 4.07. The zero-order valence-electron chi connectivity index (χ0n) is 16.5. The Morgan fingerprint density at radius 2 is 1.86 bits per heavy atom. The molecule has 6 heteroatoms. The van der Waals surface area contributed by atoms with Crippen molar-refractivity contribution in [1.29, 1.82) is 0 Å². The maximum absolute atomic E-state index is 13.1. The fourth-order valence-electron chi connectivity index (χ4n) is 3.65. The summed E-state index contributed by atoms with van der Waals surface area (Å²) >= 11 is 1.67. The molecule has 2 unspecified atom stereocenters. The zero-order valence-corrected chi connectivity index (χ0v) is 17.3. The fraction of sp³-hybridized carbons (Fsp3) is 0.261. The second-order valence-corrected chi connectivity index (χ2v) is 8.51. The molecular formula is C23H23N3O2S. The number of hydrogen-bond donors (Lipinski definition) is 1. The van der Waals surface area contributed by atoms with Gasteiger partial charge in [0.2, 0.25) is 5.91 Å². The highest BCUT2D eigenvalue weighted by Crippen LogP contribution is 2.39. The third-order valence-corrected chi connectivity index (χ3v) is 6.35. The number of anilines is 1. The van der Waals surface area contributed by atoms with E-state index >= 15 is 0 Å². The van der Waals surface area contributed by atoms with E-state index < -0.39 is 0 Å². The van der Waals surface area contributed by atoms with Crippen molar-refractivity contribution in [1.82, 2.24) is 9.88 Å². The van der Waals surface area contributed by atoms with E-state index in [1.807, 2.05) is 24.3 Å². The van der Waals surface area contributed by atoms with Crippen LogP contribution in [0.1, 0.15) is 34.1 Å². The highest BCUT2D eigenvalue weighted by molar-refractivity contribution is 7.18. The number of nitrogens with zero attached hydrogens (tertiary/aromatic N) is 2. The molecule has 0 aliphatic heterocycles. The molecule has 0 spiro atoms. The molecule has 2 amide bonds. The van der Waals surface area contributed by atoms with Gasteiger partial charge in [0.05, 0.1) is 21.1 Å². The first-order chi connectivity index (χ1) is 14.0. The Morgan fingerprint density at radius 1 is 1.07 bits per heavy atom. The Bertz CT molecular complexity index is 1050. The minimum absolute atomic E-state index is 0.0342. The van der Waals surface area contributed by atoms with Crippen molar-refractivity contribution in [2.24, 2.45) is 5.92 Å². The largest absolute Gasteiger partial charge is 0.345 e. The molecular weight excluding hydrogens is 382 g/mol. The first kappa shape index (κ1) is 19.3. The number of fused-ring (bicyclic) bond motifs is 1. The summed E-state index contributed by atoms with van der Waals surface area (Å²) in [5.74, 6) is -0.250. The van der Waals surface area contributed by atoms with Crippen molar-refractivity contribution in [3.8, 4) is 0 Å². The maximum Gasteiger partial charge on any atom is 0.253 e. The van der Waals surface area contributed by atoms with Crippen molar-refractivity contribution in [3.63, 3.8) is 0 Å². The fourth-order valence-corrected chi connectivity index (χ4v) is 4.79. The average Bonchev–Trinajstić information content (AvgIpc) is 3.17. The lowest BCUT2D eigenvalue weighted by atomic mass is 9.82. The van der Waals surface area contributed by atoms with E-state index in [1.165, 1.54) is 4.90 Å². The van der Waals surface area contributed by atoms with Gasteiger partial charge in [-0.15, -0.1) is 11.3 Å². The van der Waals surface area contributed by atoms with Crippen LogP contribution in [0.3, 0.4) is 0 Å². The zero-order chi connectivity index (χ0) is 20.4. The molecule has 3 aromatic rings. The van der Waals surface area contributed by atoms with Crippen molar-refractivity contribution >= 4 is 39.1 Å². The summed E-state index contributed by atoms with van der Waals surface area (Å²) in [6, 6.07) is 15.2. The van der Waals surface area contributed by atoms with E-state index in [0.29, 0.717) is 17.7 Å². The van der Waals surface area contributed by atoms with E-state index in [0.717, 1.165) is 21.6 Å². The highest BCUT2D eigenvalue weighted by Gasteiger charge is 2.32. The summed E-state index contributed by atoms with van der Waals surface area (Å²) in [5, 5.41) is 4.02. The number of amides is 2. The minimum atomic E-state index is -0.186. The number of nitrogens with one attached hydrogen (secondary N) is 1. The van der Waals surface area contributed by atoms with Gasteiger partial charge in [-0.2, -0.15) is 0 Å². The molecule has 1 N–H and O–H groups in total. The molecule has 0 radical (unpaired) electrons. The van der Waals surface area contributed by atoms with Crippen LogP contribution in [0.15, 0.2) is 60.7 Å². The number of benzene rings is 2. The van der Waals surface area contributed by atoms with Crippen LogP contribution in [0.4, 0.5) is 5.69 Å². The maximum atomic E-state index is 13.1. The summed E-state index contributed by atoms with van der Waals surface area (Å²) in [5.41, 5.74) is 2.18. The lowest BCUT2D eigenvalue weighted by molar-refractivity contribution is -0.120. The van der Waals surface area contributed by atoms with Crippen LogP contribution in [0.2, 0.25) is 0 Å². The Kier molecular flexibility index (Phi) is 5.45. The van der Waals surface area contributed by atoms with E-state index in [1.54, 1.807) is 43.6 Å². The van der Waals surface area contributed by atoms with Gasteiger partial charge in [-0.25, -0.2) is 4.98 Å². The Hall–Kier alpha value is -2.99. The summed E-state index contributed by atoms with van der Waals surface area (Å²) in [4.78, 5) is 31.6. The first-order valence-electron chi connectivity index (χ1n) is 9.66. The molecule has 1 aliphatic rings. The van der Waals surface area contributed by atoms with Gasteiger partial charge in [0, 0.05) is 31.3 Å². The normalized spacial score (nSPS) is 18.6. The van der Waals surface area contributed by atoms with Gasteiger partial charge in [0.25, 0.3) is 5.91 Å². The number of para-hydroxylation sites is 1. The highest BCUT2D eigenvalue weighted by atomic mass is 32.1. The molecule has 1 aromatic heterocycles. The van der Waals surface area contributed by atoms with Crippen molar-refractivity contribution < 1.29 is 9.59 Å². The summed E-state index contributed by atoms with van der Waals surface area (Å²) in [6.07, 6.45) is 5.69. The second-order valence-electron chi connectivity index (χ2n) is 7.45. The number of allylic oxidation sites excluding steroid dienone is 2. The van der Waals surface area contributed by atoms with Crippen molar-refractivity contribution in [2.75, 3.05) is 19.4 Å². The molecule has 148 valence electrons. The summed E-state index contributed by atoms with van der Waals surface area (Å²) in [6.45, 7) is 0. The van der Waals surface area contributed by atoms with Gasteiger partial charge >= 0.3 is 0 Å². The average molecular weight is 406 g/mol. The molecule has 2 atom stereocenters. The van der Waals surface area contributed by atoms with E-state index in [4.69, 9.17) is 4.98 Å². The number of hydrogen-bond acceptors (Lipinski definition) is 4. The minimum Gasteiger partial charge on any atom is -0.345 e. The number of carbonyl (C=O) groups excluding carboxylic acids is 2. The van der Waals surface area contributed by atoms with E-state index in [-0.39, 0.29) is 23.7 Å². The SMILES string of the molecule is CN(C)C(=O)c1cccc(NC(=O)C2CC=CCC2c2nc3ccccc3s2)c1. The molecule has 0 bridgehead atoms. The molecule has 0 saturated heterocycles. The van der Waals surface area contributed by atoms with Crippen LogP contribution in [0, 0.1) is 5.92 Å². The van der Waals surface area contributed by atoms with Gasteiger partial charge in [-0.05, 0) is 43.2 Å². The quantitative estimate of drug-likeness (QED) is 0.641. The molecule has 1 heterocycles. The van der Waals surface area contributed by atoms with Crippen LogP contribution in [0.25, 0.3) is 10.2 Å². The standard InChI is InChI=1S/C23H23N3O2S/c1-26(2)23(28)15-8-7-9-16(14-15)24-21(27)17-10-3-4-11-18(17)22-25-19-12-5-6-13-20(19)29-22/h3-9,12-14,17-18H,10-11H2,1-2H3,(H,24,27). The van der Waals surface area contributed by atoms with Gasteiger partial charge in [0.1, 0.15) is 0 Å². The van der Waals surface area contributed by atoms with Crippen molar-refractivity contribution in [3.05, 3.63) is 71.3 Å². The lowest BCUT2D eigenvalue weighted by Crippen LogP contribution is -2.29. The Labute approximate surface area is 174 Å². The topological polar surface area (TPSA) is 62.3 Å².